The number of aromatic hydroxyl groups is 1. The zero-order valence-electron chi connectivity index (χ0n) is 21.3. The molecule has 194 valence electrons. The number of pyridine rings is 1. The molecular formula is C31H28N6O2. The van der Waals surface area contributed by atoms with Gasteiger partial charge in [-0.1, -0.05) is 48.5 Å². The van der Waals surface area contributed by atoms with Crippen molar-refractivity contribution in [2.24, 2.45) is 0 Å². The number of carbonyl (C=O) groups excluding carboxylic acids is 1. The highest BCUT2D eigenvalue weighted by Crippen LogP contribution is 2.34. The van der Waals surface area contributed by atoms with Gasteiger partial charge in [0.15, 0.2) is 0 Å². The third-order valence-electron chi connectivity index (χ3n) is 6.83. The summed E-state index contributed by atoms with van der Waals surface area (Å²) in [4.78, 5) is 21.4. The highest BCUT2D eigenvalue weighted by molar-refractivity contribution is 5.89. The number of piperazine rings is 1. The van der Waals surface area contributed by atoms with Crippen LogP contribution in [0.15, 0.2) is 109 Å². The standard InChI is InChI=1S/C31H28N6O2/c38-27-13-7-8-24(20-27)30-28(22-37(34-30)26-11-5-2-6-12-26)23-14-15-32-29(21-23)35-16-18-36(19-17-35)31(39)33-25-9-3-1-4-10-25/h1-15,20-22,38H,16-19H2,(H,33,39). The van der Waals surface area contributed by atoms with Crippen molar-refractivity contribution >= 4 is 17.5 Å². The van der Waals surface area contributed by atoms with Crippen LogP contribution in [0.4, 0.5) is 16.3 Å². The Labute approximate surface area is 226 Å². The quantitative estimate of drug-likeness (QED) is 0.315. The average molecular weight is 517 g/mol. The van der Waals surface area contributed by atoms with Gasteiger partial charge in [-0.2, -0.15) is 5.10 Å². The largest absolute Gasteiger partial charge is 0.508 e. The Morgan fingerprint density at radius 2 is 1.54 bits per heavy atom. The Morgan fingerprint density at radius 3 is 2.28 bits per heavy atom. The molecule has 39 heavy (non-hydrogen) atoms. The summed E-state index contributed by atoms with van der Waals surface area (Å²) in [7, 11) is 0. The van der Waals surface area contributed by atoms with Crippen LogP contribution < -0.4 is 10.2 Å². The van der Waals surface area contributed by atoms with Gasteiger partial charge in [0.2, 0.25) is 0 Å². The predicted octanol–water partition coefficient (Wildman–Crippen LogP) is 5.66. The molecule has 8 heteroatoms. The third-order valence-corrected chi connectivity index (χ3v) is 6.83. The maximum atomic E-state index is 12.7. The SMILES string of the molecule is O=C(Nc1ccccc1)N1CCN(c2cc(-c3cn(-c4ccccc4)nc3-c3cccc(O)c3)ccn2)CC1. The number of hydrogen-bond acceptors (Lipinski definition) is 5. The summed E-state index contributed by atoms with van der Waals surface area (Å²) < 4.78 is 1.86. The summed E-state index contributed by atoms with van der Waals surface area (Å²) >= 11 is 0. The molecule has 0 atom stereocenters. The molecule has 5 aromatic rings. The molecule has 3 heterocycles. The Balaban J connectivity index is 1.25. The van der Waals surface area contributed by atoms with E-state index < -0.39 is 0 Å². The van der Waals surface area contributed by atoms with E-state index in [9.17, 15) is 9.90 Å². The minimum Gasteiger partial charge on any atom is -0.508 e. The van der Waals surface area contributed by atoms with Gasteiger partial charge in [-0.05, 0) is 54.1 Å². The van der Waals surface area contributed by atoms with Gasteiger partial charge >= 0.3 is 6.03 Å². The lowest BCUT2D eigenvalue weighted by atomic mass is 10.0. The van der Waals surface area contributed by atoms with E-state index in [-0.39, 0.29) is 11.8 Å². The molecule has 1 aliphatic rings. The van der Waals surface area contributed by atoms with Crippen molar-refractivity contribution in [1.29, 1.82) is 0 Å². The van der Waals surface area contributed by atoms with Crippen LogP contribution in [0, 0.1) is 0 Å². The Bertz CT molecular complexity index is 1580. The summed E-state index contributed by atoms with van der Waals surface area (Å²) in [5.41, 5.74) is 5.26. The van der Waals surface area contributed by atoms with Crippen molar-refractivity contribution in [3.05, 3.63) is 109 Å². The summed E-state index contributed by atoms with van der Waals surface area (Å²) in [6.07, 6.45) is 3.82. The van der Waals surface area contributed by atoms with Crippen LogP contribution >= 0.6 is 0 Å². The summed E-state index contributed by atoms with van der Waals surface area (Å²) in [6, 6.07) is 30.6. The van der Waals surface area contributed by atoms with Crippen LogP contribution in [0.5, 0.6) is 5.75 Å². The molecule has 1 fully saturated rings. The number of anilines is 2. The number of rotatable bonds is 5. The lowest BCUT2D eigenvalue weighted by Crippen LogP contribution is -2.50. The van der Waals surface area contributed by atoms with Crippen molar-refractivity contribution < 1.29 is 9.90 Å². The van der Waals surface area contributed by atoms with Crippen LogP contribution in [0.1, 0.15) is 0 Å². The number of amides is 2. The van der Waals surface area contributed by atoms with Crippen molar-refractivity contribution in [2.45, 2.75) is 0 Å². The summed E-state index contributed by atoms with van der Waals surface area (Å²) in [5, 5.41) is 18.0. The topological polar surface area (TPSA) is 86.5 Å². The van der Waals surface area contributed by atoms with Gasteiger partial charge in [0.1, 0.15) is 17.3 Å². The first kappa shape index (κ1) is 24.2. The highest BCUT2D eigenvalue weighted by atomic mass is 16.3. The molecule has 0 spiro atoms. The predicted molar refractivity (Wildman–Crippen MR) is 153 cm³/mol. The number of carbonyl (C=O) groups is 1. The van der Waals surface area contributed by atoms with Gasteiger partial charge in [0.05, 0.1) is 5.69 Å². The molecule has 0 unspecified atom stereocenters. The van der Waals surface area contributed by atoms with E-state index in [0.29, 0.717) is 26.2 Å². The Hall–Kier alpha value is -5.11. The number of para-hydroxylation sites is 2. The van der Waals surface area contributed by atoms with Crippen molar-refractivity contribution in [3.8, 4) is 33.8 Å². The Kier molecular flexibility index (Phi) is 6.66. The van der Waals surface area contributed by atoms with Gasteiger partial charge in [0, 0.05) is 55.4 Å². The number of phenols is 1. The molecular weight excluding hydrogens is 488 g/mol. The molecule has 0 saturated carbocycles. The maximum Gasteiger partial charge on any atom is 0.321 e. The van der Waals surface area contributed by atoms with Crippen LogP contribution in [0.2, 0.25) is 0 Å². The number of nitrogens with zero attached hydrogens (tertiary/aromatic N) is 5. The number of benzene rings is 3. The van der Waals surface area contributed by atoms with Gasteiger partial charge in [-0.15, -0.1) is 0 Å². The fraction of sp³-hybridized carbons (Fsp3) is 0.129. The lowest BCUT2D eigenvalue weighted by Gasteiger charge is -2.35. The first-order valence-electron chi connectivity index (χ1n) is 12.9. The zero-order valence-corrected chi connectivity index (χ0v) is 21.3. The smallest absolute Gasteiger partial charge is 0.321 e. The minimum atomic E-state index is -0.0911. The minimum absolute atomic E-state index is 0.0911. The number of phenolic OH excluding ortho intramolecular Hbond substituents is 1. The summed E-state index contributed by atoms with van der Waals surface area (Å²) in [6.45, 7) is 2.57. The molecule has 1 aliphatic heterocycles. The third kappa shape index (κ3) is 5.31. The zero-order chi connectivity index (χ0) is 26.6. The molecule has 0 radical (unpaired) electrons. The van der Waals surface area contributed by atoms with E-state index in [0.717, 1.165) is 39.6 Å². The monoisotopic (exact) mass is 516 g/mol. The number of aromatic nitrogens is 3. The first-order valence-corrected chi connectivity index (χ1v) is 12.9. The van der Waals surface area contributed by atoms with E-state index in [1.54, 1.807) is 12.1 Å². The van der Waals surface area contributed by atoms with E-state index in [1.165, 1.54) is 0 Å². The molecule has 0 aliphatic carbocycles. The molecule has 8 nitrogen and oxygen atoms in total. The molecule has 6 rings (SSSR count). The normalized spacial score (nSPS) is 13.3. The molecule has 2 N–H and O–H groups in total. The van der Waals surface area contributed by atoms with E-state index in [2.05, 4.69) is 21.3 Å². The summed E-state index contributed by atoms with van der Waals surface area (Å²) in [5.74, 6) is 1.04. The van der Waals surface area contributed by atoms with Crippen molar-refractivity contribution in [1.82, 2.24) is 19.7 Å². The van der Waals surface area contributed by atoms with Crippen LogP contribution in [0.3, 0.4) is 0 Å². The molecule has 2 aromatic heterocycles. The molecule has 2 amide bonds. The van der Waals surface area contributed by atoms with Gasteiger partial charge in [-0.25, -0.2) is 14.5 Å². The van der Waals surface area contributed by atoms with Crippen LogP contribution in [-0.2, 0) is 0 Å². The lowest BCUT2D eigenvalue weighted by molar-refractivity contribution is 0.208. The van der Waals surface area contributed by atoms with Gasteiger partial charge in [-0.3, -0.25) is 0 Å². The Morgan fingerprint density at radius 1 is 0.795 bits per heavy atom. The molecule has 3 aromatic carbocycles. The highest BCUT2D eigenvalue weighted by Gasteiger charge is 2.23. The fourth-order valence-corrected chi connectivity index (χ4v) is 4.79. The van der Waals surface area contributed by atoms with Gasteiger partial charge < -0.3 is 20.2 Å². The second-order valence-electron chi connectivity index (χ2n) is 9.39. The van der Waals surface area contributed by atoms with Gasteiger partial charge in [0.25, 0.3) is 0 Å². The van der Waals surface area contributed by atoms with Crippen LogP contribution in [-0.4, -0.2) is 57.0 Å². The number of urea groups is 1. The average Bonchev–Trinajstić information content (AvgIpc) is 3.44. The number of nitrogens with one attached hydrogen (secondary N) is 1. The van der Waals surface area contributed by atoms with E-state index in [4.69, 9.17) is 5.10 Å². The van der Waals surface area contributed by atoms with E-state index >= 15 is 0 Å². The van der Waals surface area contributed by atoms with E-state index in [1.807, 2.05) is 101 Å². The first-order chi connectivity index (χ1) is 19.1. The maximum absolute atomic E-state index is 12.7. The molecule has 1 saturated heterocycles. The fourth-order valence-electron chi connectivity index (χ4n) is 4.79. The van der Waals surface area contributed by atoms with Crippen LogP contribution in [0.25, 0.3) is 28.1 Å². The second kappa shape index (κ2) is 10.7. The van der Waals surface area contributed by atoms with Crippen molar-refractivity contribution in [2.75, 3.05) is 36.4 Å². The van der Waals surface area contributed by atoms with Crippen molar-refractivity contribution in [3.63, 3.8) is 0 Å². The second-order valence-corrected chi connectivity index (χ2v) is 9.39. The molecule has 0 bridgehead atoms. The number of hydrogen-bond donors (Lipinski definition) is 2.